The second kappa shape index (κ2) is 9.73. The smallest absolute Gasteiger partial charge is 0.265 e. The monoisotopic (exact) mass is 384 g/mol. The predicted octanol–water partition coefficient (Wildman–Crippen LogP) is 2.35. The Bertz CT molecular complexity index is 841. The van der Waals surface area contributed by atoms with E-state index in [0.29, 0.717) is 37.6 Å². The number of fused-ring (bicyclic) bond motifs is 1. The molecule has 0 saturated heterocycles. The van der Waals surface area contributed by atoms with Gasteiger partial charge in [0.2, 0.25) is 0 Å². The molecule has 28 heavy (non-hydrogen) atoms. The van der Waals surface area contributed by atoms with Gasteiger partial charge in [-0.05, 0) is 36.6 Å². The zero-order valence-electron chi connectivity index (χ0n) is 16.0. The van der Waals surface area contributed by atoms with Crippen LogP contribution in [-0.4, -0.2) is 45.2 Å². The third-order valence-corrected chi connectivity index (χ3v) is 4.53. The van der Waals surface area contributed by atoms with Crippen molar-refractivity contribution in [2.45, 2.75) is 12.8 Å². The first-order valence-corrected chi connectivity index (χ1v) is 9.39. The summed E-state index contributed by atoms with van der Waals surface area (Å²) in [6.07, 6.45) is 1.33. The Morgan fingerprint density at radius 1 is 1.14 bits per heavy atom. The molecular formula is C21H25FN4O2. The minimum Gasteiger partial charge on any atom is -0.482 e. The molecule has 1 amide bonds. The van der Waals surface area contributed by atoms with Crippen molar-refractivity contribution in [1.29, 1.82) is 0 Å². The Morgan fingerprint density at radius 3 is 2.71 bits per heavy atom. The maximum absolute atomic E-state index is 13.6. The molecule has 0 aliphatic carbocycles. The van der Waals surface area contributed by atoms with Crippen LogP contribution in [0.15, 0.2) is 53.5 Å². The molecule has 0 fully saturated rings. The number of benzene rings is 2. The van der Waals surface area contributed by atoms with Crippen LogP contribution in [0.1, 0.15) is 12.0 Å². The van der Waals surface area contributed by atoms with Crippen LogP contribution in [-0.2, 0) is 11.2 Å². The molecule has 2 aromatic rings. The number of halogens is 1. The second-order valence-electron chi connectivity index (χ2n) is 6.42. The van der Waals surface area contributed by atoms with Gasteiger partial charge >= 0.3 is 0 Å². The highest BCUT2D eigenvalue weighted by Gasteiger charge is 2.24. The number of guanidine groups is 1. The van der Waals surface area contributed by atoms with Crippen LogP contribution >= 0.6 is 0 Å². The van der Waals surface area contributed by atoms with E-state index < -0.39 is 0 Å². The highest BCUT2D eigenvalue weighted by molar-refractivity contribution is 5.97. The van der Waals surface area contributed by atoms with Crippen molar-refractivity contribution in [3.8, 4) is 5.75 Å². The van der Waals surface area contributed by atoms with Gasteiger partial charge < -0.3 is 20.3 Å². The van der Waals surface area contributed by atoms with Crippen LogP contribution in [0.2, 0.25) is 0 Å². The molecule has 1 aliphatic rings. The Morgan fingerprint density at radius 2 is 1.89 bits per heavy atom. The zero-order valence-corrected chi connectivity index (χ0v) is 16.0. The fourth-order valence-electron chi connectivity index (χ4n) is 3.08. The van der Waals surface area contributed by atoms with Crippen molar-refractivity contribution in [2.24, 2.45) is 4.99 Å². The largest absolute Gasteiger partial charge is 0.482 e. The van der Waals surface area contributed by atoms with Crippen LogP contribution in [0.25, 0.3) is 0 Å². The van der Waals surface area contributed by atoms with Gasteiger partial charge in [-0.2, -0.15) is 0 Å². The molecule has 0 radical (unpaired) electrons. The van der Waals surface area contributed by atoms with E-state index in [9.17, 15) is 9.18 Å². The number of carbonyl (C=O) groups excluding carboxylic acids is 1. The minimum atomic E-state index is -0.192. The van der Waals surface area contributed by atoms with Crippen molar-refractivity contribution in [2.75, 3.05) is 38.2 Å². The van der Waals surface area contributed by atoms with Crippen molar-refractivity contribution in [3.05, 3.63) is 59.9 Å². The third kappa shape index (κ3) is 5.00. The third-order valence-electron chi connectivity index (χ3n) is 4.53. The van der Waals surface area contributed by atoms with Crippen molar-refractivity contribution in [1.82, 2.24) is 10.6 Å². The summed E-state index contributed by atoms with van der Waals surface area (Å²) in [5.74, 6) is 1.17. The Labute approximate surface area is 164 Å². The molecule has 0 saturated carbocycles. The topological polar surface area (TPSA) is 66.0 Å². The van der Waals surface area contributed by atoms with Gasteiger partial charge in [0, 0.05) is 26.7 Å². The number of rotatable bonds is 7. The molecule has 0 spiro atoms. The minimum absolute atomic E-state index is 0.0360. The maximum Gasteiger partial charge on any atom is 0.265 e. The molecule has 2 aromatic carbocycles. The van der Waals surface area contributed by atoms with E-state index in [0.717, 1.165) is 17.9 Å². The standard InChI is InChI=1S/C21H25FN4O2/c1-23-21(25-13-11-16-7-2-3-8-17(16)22)24-12-6-14-26-18-9-4-5-10-19(18)28-15-20(26)27/h2-5,7-10H,6,11-15H2,1H3,(H2,23,24,25). The number of hydrogen-bond acceptors (Lipinski definition) is 3. The van der Waals surface area contributed by atoms with Crippen molar-refractivity contribution < 1.29 is 13.9 Å². The van der Waals surface area contributed by atoms with Gasteiger partial charge in [-0.25, -0.2) is 4.39 Å². The van der Waals surface area contributed by atoms with E-state index in [4.69, 9.17) is 4.74 Å². The van der Waals surface area contributed by atoms with E-state index in [1.807, 2.05) is 30.3 Å². The number of ether oxygens (including phenoxy) is 1. The molecule has 3 rings (SSSR count). The average molecular weight is 384 g/mol. The molecule has 2 N–H and O–H groups in total. The molecule has 1 aliphatic heterocycles. The number of nitrogens with zero attached hydrogens (tertiary/aromatic N) is 2. The molecule has 0 atom stereocenters. The maximum atomic E-state index is 13.6. The van der Waals surface area contributed by atoms with Crippen LogP contribution in [0.3, 0.4) is 0 Å². The second-order valence-corrected chi connectivity index (χ2v) is 6.42. The highest BCUT2D eigenvalue weighted by Crippen LogP contribution is 2.31. The fraction of sp³-hybridized carbons (Fsp3) is 0.333. The Balaban J connectivity index is 1.41. The lowest BCUT2D eigenvalue weighted by Gasteiger charge is -2.29. The first kappa shape index (κ1) is 19.7. The molecule has 0 aromatic heterocycles. The van der Waals surface area contributed by atoms with Crippen LogP contribution in [0.5, 0.6) is 5.75 Å². The first-order valence-electron chi connectivity index (χ1n) is 9.39. The van der Waals surface area contributed by atoms with Crippen LogP contribution in [0.4, 0.5) is 10.1 Å². The van der Waals surface area contributed by atoms with Crippen molar-refractivity contribution in [3.63, 3.8) is 0 Å². The summed E-state index contributed by atoms with van der Waals surface area (Å²) in [4.78, 5) is 18.1. The van der Waals surface area contributed by atoms with E-state index >= 15 is 0 Å². The summed E-state index contributed by atoms with van der Waals surface area (Å²) in [5.41, 5.74) is 1.49. The van der Waals surface area contributed by atoms with Gasteiger partial charge in [0.25, 0.3) is 5.91 Å². The zero-order chi connectivity index (χ0) is 19.8. The number of nitrogens with one attached hydrogen (secondary N) is 2. The fourth-order valence-corrected chi connectivity index (χ4v) is 3.08. The predicted molar refractivity (Wildman–Crippen MR) is 108 cm³/mol. The molecule has 0 bridgehead atoms. The normalized spacial score (nSPS) is 13.7. The summed E-state index contributed by atoms with van der Waals surface area (Å²) >= 11 is 0. The quantitative estimate of drug-likeness (QED) is 0.437. The molecule has 1 heterocycles. The molecule has 6 nitrogen and oxygen atoms in total. The number of carbonyl (C=O) groups is 1. The van der Waals surface area contributed by atoms with Gasteiger partial charge in [0.1, 0.15) is 11.6 Å². The summed E-state index contributed by atoms with van der Waals surface area (Å²) in [6.45, 7) is 1.91. The average Bonchev–Trinajstić information content (AvgIpc) is 2.72. The van der Waals surface area contributed by atoms with Gasteiger partial charge in [-0.3, -0.25) is 9.79 Å². The van der Waals surface area contributed by atoms with Gasteiger partial charge in [-0.15, -0.1) is 0 Å². The molecular weight excluding hydrogens is 359 g/mol. The summed E-state index contributed by atoms with van der Waals surface area (Å²) in [6, 6.07) is 14.3. The van der Waals surface area contributed by atoms with Gasteiger partial charge in [-0.1, -0.05) is 30.3 Å². The lowest BCUT2D eigenvalue weighted by molar-refractivity contribution is -0.121. The van der Waals surface area contributed by atoms with Gasteiger partial charge in [0.05, 0.1) is 5.69 Å². The number of anilines is 1. The van der Waals surface area contributed by atoms with E-state index in [2.05, 4.69) is 15.6 Å². The van der Waals surface area contributed by atoms with Crippen LogP contribution < -0.4 is 20.3 Å². The van der Waals surface area contributed by atoms with E-state index in [1.54, 1.807) is 24.1 Å². The Hall–Kier alpha value is -3.09. The lowest BCUT2D eigenvalue weighted by atomic mass is 10.1. The van der Waals surface area contributed by atoms with Crippen LogP contribution in [0, 0.1) is 5.82 Å². The summed E-state index contributed by atoms with van der Waals surface area (Å²) in [5, 5.41) is 6.40. The molecule has 0 unspecified atom stereocenters. The number of aliphatic imine (C=N–C) groups is 1. The number of amides is 1. The number of hydrogen-bond donors (Lipinski definition) is 2. The SMILES string of the molecule is CN=C(NCCCN1C(=O)COc2ccccc21)NCCc1ccccc1F. The molecule has 148 valence electrons. The summed E-state index contributed by atoms with van der Waals surface area (Å²) in [7, 11) is 1.69. The molecule has 7 heteroatoms. The lowest BCUT2D eigenvalue weighted by Crippen LogP contribution is -2.42. The summed E-state index contributed by atoms with van der Waals surface area (Å²) < 4.78 is 19.1. The van der Waals surface area contributed by atoms with Crippen molar-refractivity contribution >= 4 is 17.6 Å². The van der Waals surface area contributed by atoms with E-state index in [1.165, 1.54) is 6.07 Å². The first-order chi connectivity index (χ1) is 13.7. The Kier molecular flexibility index (Phi) is 6.84. The number of para-hydroxylation sites is 2. The van der Waals surface area contributed by atoms with Gasteiger partial charge in [0.15, 0.2) is 12.6 Å². The van der Waals surface area contributed by atoms with E-state index in [-0.39, 0.29) is 18.3 Å². The highest BCUT2D eigenvalue weighted by atomic mass is 19.1.